The van der Waals surface area contributed by atoms with Crippen molar-refractivity contribution in [2.75, 3.05) is 5.73 Å². The number of ether oxygens (including phenoxy) is 1. The van der Waals surface area contributed by atoms with Crippen LogP contribution in [0.4, 0.5) is 5.69 Å². The smallest absolute Gasteiger partial charge is 0.242 e. The van der Waals surface area contributed by atoms with Crippen molar-refractivity contribution in [3.05, 3.63) is 22.2 Å². The number of sulfonamides is 1. The van der Waals surface area contributed by atoms with Crippen molar-refractivity contribution in [2.45, 2.75) is 42.4 Å². The number of nitrogens with two attached hydrogens (primary N) is 1. The van der Waals surface area contributed by atoms with E-state index >= 15 is 0 Å². The number of hydrogen-bond acceptors (Lipinski definition) is 4. The first-order valence-corrected chi connectivity index (χ1v) is 8.53. The van der Waals surface area contributed by atoms with Gasteiger partial charge in [0, 0.05) is 0 Å². The standard InChI is InChI=1S/C12H14Cl2N2O3S/c13-7-2-4-10(11(14)12(7)15)20(17,18)16-8-5-6-1-3-9(8)19-6/h2,4,6,8-9,16H,1,3,5,15H2. The van der Waals surface area contributed by atoms with Crippen LogP contribution < -0.4 is 10.5 Å². The van der Waals surface area contributed by atoms with Gasteiger partial charge in [0.2, 0.25) is 10.0 Å². The van der Waals surface area contributed by atoms with Crippen LogP contribution in [0.25, 0.3) is 0 Å². The fourth-order valence-electron chi connectivity index (χ4n) is 2.78. The minimum atomic E-state index is -3.74. The predicted molar refractivity (Wildman–Crippen MR) is 77.5 cm³/mol. The molecule has 2 fully saturated rings. The van der Waals surface area contributed by atoms with E-state index in [4.69, 9.17) is 33.7 Å². The van der Waals surface area contributed by atoms with E-state index in [9.17, 15) is 8.42 Å². The van der Waals surface area contributed by atoms with Gasteiger partial charge in [-0.05, 0) is 31.4 Å². The maximum absolute atomic E-state index is 12.4. The third-order valence-corrected chi connectivity index (χ3v) is 6.17. The number of nitrogen functional groups attached to an aromatic ring is 1. The van der Waals surface area contributed by atoms with Crippen LogP contribution in [0.2, 0.25) is 10.0 Å². The summed E-state index contributed by atoms with van der Waals surface area (Å²) in [6.07, 6.45) is 2.70. The van der Waals surface area contributed by atoms with E-state index in [1.54, 1.807) is 0 Å². The number of rotatable bonds is 3. The second-order valence-electron chi connectivity index (χ2n) is 5.11. The Morgan fingerprint density at radius 2 is 2.05 bits per heavy atom. The Balaban J connectivity index is 1.87. The molecule has 0 radical (unpaired) electrons. The van der Waals surface area contributed by atoms with Gasteiger partial charge in [-0.25, -0.2) is 13.1 Å². The molecule has 1 aromatic carbocycles. The van der Waals surface area contributed by atoms with Gasteiger partial charge in [0.05, 0.1) is 34.0 Å². The molecule has 0 aromatic heterocycles. The molecule has 0 spiro atoms. The van der Waals surface area contributed by atoms with Crippen molar-refractivity contribution in [3.63, 3.8) is 0 Å². The molecule has 2 heterocycles. The Labute approximate surface area is 127 Å². The highest BCUT2D eigenvalue weighted by molar-refractivity contribution is 7.89. The maximum Gasteiger partial charge on any atom is 0.242 e. The van der Waals surface area contributed by atoms with Crippen LogP contribution in [0.5, 0.6) is 0 Å². The van der Waals surface area contributed by atoms with Gasteiger partial charge in [0.25, 0.3) is 0 Å². The molecular formula is C12H14Cl2N2O3S. The first-order valence-electron chi connectivity index (χ1n) is 6.30. The summed E-state index contributed by atoms with van der Waals surface area (Å²) in [5.74, 6) is 0. The monoisotopic (exact) mass is 336 g/mol. The number of hydrogen-bond donors (Lipinski definition) is 2. The van der Waals surface area contributed by atoms with Crippen LogP contribution in [0.15, 0.2) is 17.0 Å². The zero-order valence-electron chi connectivity index (χ0n) is 10.5. The highest BCUT2D eigenvalue weighted by Crippen LogP contribution is 2.37. The van der Waals surface area contributed by atoms with E-state index in [1.165, 1.54) is 12.1 Å². The Morgan fingerprint density at radius 1 is 1.30 bits per heavy atom. The van der Waals surface area contributed by atoms with E-state index < -0.39 is 10.0 Å². The topological polar surface area (TPSA) is 81.4 Å². The molecule has 2 saturated heterocycles. The van der Waals surface area contributed by atoms with Gasteiger partial charge in [-0.2, -0.15) is 0 Å². The van der Waals surface area contributed by atoms with Gasteiger partial charge in [-0.3, -0.25) is 0 Å². The molecule has 3 unspecified atom stereocenters. The van der Waals surface area contributed by atoms with Crippen LogP contribution in [-0.4, -0.2) is 26.7 Å². The van der Waals surface area contributed by atoms with E-state index in [0.717, 1.165) is 12.8 Å². The lowest BCUT2D eigenvalue weighted by molar-refractivity contribution is 0.0996. The second kappa shape index (κ2) is 5.03. The molecule has 0 aliphatic carbocycles. The van der Waals surface area contributed by atoms with Crippen molar-refractivity contribution in [1.82, 2.24) is 4.72 Å². The largest absolute Gasteiger partial charge is 0.396 e. The summed E-state index contributed by atoms with van der Waals surface area (Å²) in [6.45, 7) is 0. The molecule has 5 nitrogen and oxygen atoms in total. The molecule has 8 heteroatoms. The zero-order valence-corrected chi connectivity index (χ0v) is 12.8. The van der Waals surface area contributed by atoms with Crippen molar-refractivity contribution in [1.29, 1.82) is 0 Å². The second-order valence-corrected chi connectivity index (χ2v) is 7.58. The highest BCUT2D eigenvalue weighted by atomic mass is 35.5. The average Bonchev–Trinajstić information content (AvgIpc) is 2.97. The summed E-state index contributed by atoms with van der Waals surface area (Å²) in [7, 11) is -3.74. The molecule has 3 atom stereocenters. The van der Waals surface area contributed by atoms with Crippen LogP contribution in [0.3, 0.4) is 0 Å². The summed E-state index contributed by atoms with van der Waals surface area (Å²) < 4.78 is 33.1. The van der Waals surface area contributed by atoms with Crippen molar-refractivity contribution in [3.8, 4) is 0 Å². The lowest BCUT2D eigenvalue weighted by atomic mass is 9.96. The van der Waals surface area contributed by atoms with Crippen molar-refractivity contribution < 1.29 is 13.2 Å². The minimum absolute atomic E-state index is 0.0433. The van der Waals surface area contributed by atoms with E-state index in [2.05, 4.69) is 4.72 Å². The van der Waals surface area contributed by atoms with Crippen LogP contribution >= 0.6 is 23.2 Å². The van der Waals surface area contributed by atoms with Gasteiger partial charge in [-0.15, -0.1) is 0 Å². The molecule has 1 aromatic rings. The highest BCUT2D eigenvalue weighted by Gasteiger charge is 2.42. The van der Waals surface area contributed by atoms with Gasteiger partial charge in [0.1, 0.15) is 4.90 Å². The lowest BCUT2D eigenvalue weighted by Gasteiger charge is -2.20. The molecule has 3 N–H and O–H groups in total. The van der Waals surface area contributed by atoms with Gasteiger partial charge < -0.3 is 10.5 Å². The third-order valence-electron chi connectivity index (χ3n) is 3.79. The normalized spacial score (nSPS) is 29.0. The van der Waals surface area contributed by atoms with Crippen LogP contribution in [0, 0.1) is 0 Å². The third kappa shape index (κ3) is 2.40. The Hall–Kier alpha value is -0.530. The van der Waals surface area contributed by atoms with Gasteiger partial charge in [0.15, 0.2) is 0 Å². The summed E-state index contributed by atoms with van der Waals surface area (Å²) in [6, 6.07) is 2.58. The van der Waals surface area contributed by atoms with E-state index in [0.29, 0.717) is 6.42 Å². The summed E-state index contributed by atoms with van der Waals surface area (Å²) in [5, 5.41) is 0.186. The molecule has 2 aliphatic heterocycles. The van der Waals surface area contributed by atoms with E-state index in [1.807, 2.05) is 0 Å². The fraction of sp³-hybridized carbons (Fsp3) is 0.500. The van der Waals surface area contributed by atoms with Crippen LogP contribution in [0.1, 0.15) is 19.3 Å². The fourth-order valence-corrected chi connectivity index (χ4v) is 4.82. The lowest BCUT2D eigenvalue weighted by Crippen LogP contribution is -2.41. The molecular weight excluding hydrogens is 323 g/mol. The number of nitrogens with one attached hydrogen (secondary N) is 1. The van der Waals surface area contributed by atoms with Crippen LogP contribution in [-0.2, 0) is 14.8 Å². The molecule has 20 heavy (non-hydrogen) atoms. The average molecular weight is 337 g/mol. The first kappa shape index (κ1) is 14.4. The summed E-state index contributed by atoms with van der Waals surface area (Å²) in [4.78, 5) is -0.0520. The molecule has 2 aliphatic rings. The first-order chi connectivity index (χ1) is 9.38. The predicted octanol–water partition coefficient (Wildman–Crippen LogP) is 2.17. The van der Waals surface area contributed by atoms with Crippen molar-refractivity contribution >= 4 is 38.9 Å². The Kier molecular flexibility index (Phi) is 3.63. The minimum Gasteiger partial charge on any atom is -0.396 e. The number of halogens is 2. The van der Waals surface area contributed by atoms with Crippen molar-refractivity contribution in [2.24, 2.45) is 0 Å². The van der Waals surface area contributed by atoms with Gasteiger partial charge in [-0.1, -0.05) is 23.2 Å². The number of anilines is 1. The molecule has 3 rings (SSSR count). The summed E-state index contributed by atoms with van der Waals surface area (Å²) in [5.41, 5.74) is 5.74. The van der Waals surface area contributed by atoms with E-state index in [-0.39, 0.29) is 38.9 Å². The Morgan fingerprint density at radius 3 is 2.65 bits per heavy atom. The quantitative estimate of drug-likeness (QED) is 0.829. The summed E-state index contributed by atoms with van der Waals surface area (Å²) >= 11 is 11.8. The molecule has 110 valence electrons. The Bertz CT molecular complexity index is 650. The molecule has 0 saturated carbocycles. The SMILES string of the molecule is Nc1c(Cl)ccc(S(=O)(=O)NC2CC3CCC2O3)c1Cl. The number of benzene rings is 1. The maximum atomic E-state index is 12.4. The molecule has 2 bridgehead atoms. The number of fused-ring (bicyclic) bond motifs is 2. The molecule has 0 amide bonds. The zero-order chi connectivity index (χ0) is 14.5. The van der Waals surface area contributed by atoms with Gasteiger partial charge >= 0.3 is 0 Å².